The molecule has 1 saturated heterocycles. The molecule has 0 bridgehead atoms. The van der Waals surface area contributed by atoms with Crippen molar-refractivity contribution in [3.05, 3.63) is 12.3 Å². The Bertz CT molecular complexity index is 156. The summed E-state index contributed by atoms with van der Waals surface area (Å²) in [7, 11) is 0. The van der Waals surface area contributed by atoms with Gasteiger partial charge < -0.3 is 9.64 Å². The van der Waals surface area contributed by atoms with Crippen molar-refractivity contribution in [3.8, 4) is 0 Å². The second kappa shape index (κ2) is 4.13. The molecule has 1 aliphatic heterocycles. The van der Waals surface area contributed by atoms with Crippen LogP contribution in [0.25, 0.3) is 0 Å². The maximum absolute atomic E-state index is 5.20. The highest BCUT2D eigenvalue weighted by Crippen LogP contribution is 2.06. The van der Waals surface area contributed by atoms with E-state index in [0.717, 1.165) is 31.9 Å². The maximum atomic E-state index is 5.20. The number of rotatable bonds is 3. The first-order valence-corrected chi connectivity index (χ1v) is 3.77. The third kappa shape index (κ3) is 2.35. The topological polar surface area (TPSA) is 24.8 Å². The zero-order chi connectivity index (χ0) is 8.10. The Kier molecular flexibility index (Phi) is 3.11. The molecular formula is C8H14N2O. The summed E-state index contributed by atoms with van der Waals surface area (Å²) in [5, 5.41) is 0. The fraction of sp³-hybridized carbons (Fsp3) is 0.625. The van der Waals surface area contributed by atoms with Gasteiger partial charge in [-0.3, -0.25) is 4.99 Å². The first kappa shape index (κ1) is 8.27. The summed E-state index contributed by atoms with van der Waals surface area (Å²) in [4.78, 5) is 5.98. The molecule has 1 aliphatic rings. The van der Waals surface area contributed by atoms with Crippen molar-refractivity contribution in [3.63, 3.8) is 0 Å². The first-order valence-electron chi connectivity index (χ1n) is 3.77. The lowest BCUT2D eigenvalue weighted by Crippen LogP contribution is -2.35. The van der Waals surface area contributed by atoms with Gasteiger partial charge in [0.1, 0.15) is 0 Å². The fourth-order valence-corrected chi connectivity index (χ4v) is 1.08. The van der Waals surface area contributed by atoms with Gasteiger partial charge in [-0.25, -0.2) is 0 Å². The van der Waals surface area contributed by atoms with Gasteiger partial charge >= 0.3 is 0 Å². The maximum Gasteiger partial charge on any atom is 0.0859 e. The van der Waals surface area contributed by atoms with Crippen LogP contribution in [-0.4, -0.2) is 44.5 Å². The average Bonchev–Trinajstić information content (AvgIpc) is 2.03. The Balaban J connectivity index is 2.29. The van der Waals surface area contributed by atoms with Crippen molar-refractivity contribution in [2.45, 2.75) is 0 Å². The van der Waals surface area contributed by atoms with E-state index in [4.69, 9.17) is 4.74 Å². The average molecular weight is 154 g/mol. The van der Waals surface area contributed by atoms with E-state index in [2.05, 4.69) is 23.2 Å². The summed E-state index contributed by atoms with van der Waals surface area (Å²) in [6.45, 7) is 11.4. The molecule has 0 unspecified atom stereocenters. The third-order valence-corrected chi connectivity index (χ3v) is 1.75. The van der Waals surface area contributed by atoms with Crippen LogP contribution in [-0.2, 0) is 4.74 Å². The third-order valence-electron chi connectivity index (χ3n) is 1.75. The summed E-state index contributed by atoms with van der Waals surface area (Å²) in [5.74, 6) is 0. The number of aliphatic imine (C=N–C) groups is 1. The van der Waals surface area contributed by atoms with Gasteiger partial charge in [0.25, 0.3) is 0 Å². The zero-order valence-electron chi connectivity index (χ0n) is 6.75. The highest BCUT2D eigenvalue weighted by Gasteiger charge is 2.11. The van der Waals surface area contributed by atoms with E-state index in [1.54, 1.807) is 0 Å². The van der Waals surface area contributed by atoms with Gasteiger partial charge in [0.05, 0.1) is 19.8 Å². The second-order valence-electron chi connectivity index (χ2n) is 2.55. The quantitative estimate of drug-likeness (QED) is 0.554. The predicted octanol–water partition coefficient (Wildman–Crippen LogP) is 0.533. The summed E-state index contributed by atoms with van der Waals surface area (Å²) in [6, 6.07) is 0. The number of hydrogen-bond acceptors (Lipinski definition) is 3. The van der Waals surface area contributed by atoms with Crippen molar-refractivity contribution in [1.82, 2.24) is 4.90 Å². The van der Waals surface area contributed by atoms with Crippen molar-refractivity contribution >= 4 is 6.72 Å². The van der Waals surface area contributed by atoms with Crippen molar-refractivity contribution in [2.75, 3.05) is 32.8 Å². The Hall–Kier alpha value is -0.830. The van der Waals surface area contributed by atoms with E-state index in [9.17, 15) is 0 Å². The van der Waals surface area contributed by atoms with Gasteiger partial charge in [-0.2, -0.15) is 0 Å². The summed E-state index contributed by atoms with van der Waals surface area (Å²) in [6.07, 6.45) is 0. The van der Waals surface area contributed by atoms with E-state index in [1.165, 1.54) is 0 Å². The van der Waals surface area contributed by atoms with Crippen LogP contribution in [0.5, 0.6) is 0 Å². The minimum atomic E-state index is 0.664. The molecule has 3 heteroatoms. The molecule has 1 heterocycles. The van der Waals surface area contributed by atoms with Crippen LogP contribution >= 0.6 is 0 Å². The molecule has 0 spiro atoms. The van der Waals surface area contributed by atoms with Crippen LogP contribution in [0.15, 0.2) is 17.3 Å². The Morgan fingerprint density at radius 3 is 3.09 bits per heavy atom. The Morgan fingerprint density at radius 2 is 2.45 bits per heavy atom. The molecule has 3 nitrogen and oxygen atoms in total. The van der Waals surface area contributed by atoms with E-state index in [0.29, 0.717) is 6.61 Å². The molecule has 0 aromatic carbocycles. The van der Waals surface area contributed by atoms with E-state index in [1.807, 2.05) is 0 Å². The van der Waals surface area contributed by atoms with Crippen LogP contribution in [0, 0.1) is 0 Å². The molecule has 0 aromatic heterocycles. The second-order valence-corrected chi connectivity index (χ2v) is 2.55. The molecule has 0 atom stereocenters. The van der Waals surface area contributed by atoms with Gasteiger partial charge in [0.15, 0.2) is 0 Å². The van der Waals surface area contributed by atoms with Gasteiger partial charge in [0.2, 0.25) is 0 Å². The van der Waals surface area contributed by atoms with Gasteiger partial charge in [0, 0.05) is 18.8 Å². The molecule has 0 aliphatic carbocycles. The molecule has 0 radical (unpaired) electrons. The molecule has 11 heavy (non-hydrogen) atoms. The van der Waals surface area contributed by atoms with Crippen LogP contribution in [0.4, 0.5) is 0 Å². The molecule has 0 saturated carbocycles. The van der Waals surface area contributed by atoms with Gasteiger partial charge in [-0.1, -0.05) is 6.58 Å². The predicted molar refractivity (Wildman–Crippen MR) is 45.9 cm³/mol. The summed E-state index contributed by atoms with van der Waals surface area (Å²) < 4.78 is 5.20. The smallest absolute Gasteiger partial charge is 0.0859 e. The first-order chi connectivity index (χ1) is 5.34. The van der Waals surface area contributed by atoms with Gasteiger partial charge in [-0.15, -0.1) is 0 Å². The highest BCUT2D eigenvalue weighted by molar-refractivity contribution is 5.23. The van der Waals surface area contributed by atoms with Crippen LogP contribution in [0.1, 0.15) is 0 Å². The van der Waals surface area contributed by atoms with E-state index >= 15 is 0 Å². The Morgan fingerprint density at radius 1 is 1.64 bits per heavy atom. The monoisotopic (exact) mass is 154 g/mol. The lowest BCUT2D eigenvalue weighted by molar-refractivity contribution is 0.0754. The van der Waals surface area contributed by atoms with E-state index < -0.39 is 0 Å². The van der Waals surface area contributed by atoms with Crippen molar-refractivity contribution in [1.29, 1.82) is 0 Å². The molecule has 1 fully saturated rings. The number of ether oxygens (including phenoxy) is 1. The minimum Gasteiger partial charge on any atom is -0.373 e. The van der Waals surface area contributed by atoms with Gasteiger partial charge in [-0.05, 0) is 6.72 Å². The molecule has 1 rings (SSSR count). The minimum absolute atomic E-state index is 0.664. The van der Waals surface area contributed by atoms with Crippen molar-refractivity contribution in [2.24, 2.45) is 4.99 Å². The van der Waals surface area contributed by atoms with Crippen LogP contribution < -0.4 is 0 Å². The molecule has 62 valence electrons. The normalized spacial score (nSPS) is 18.5. The number of morpholine rings is 1. The fourth-order valence-electron chi connectivity index (χ4n) is 1.08. The number of hydrogen-bond donors (Lipinski definition) is 0. The lowest BCUT2D eigenvalue weighted by Gasteiger charge is -2.30. The zero-order valence-corrected chi connectivity index (χ0v) is 6.75. The highest BCUT2D eigenvalue weighted by atomic mass is 16.5. The number of nitrogens with zero attached hydrogens (tertiary/aromatic N) is 2. The lowest BCUT2D eigenvalue weighted by atomic mass is 10.3. The van der Waals surface area contributed by atoms with Crippen molar-refractivity contribution < 1.29 is 4.74 Å². The molecule has 0 N–H and O–H groups in total. The van der Waals surface area contributed by atoms with Crippen LogP contribution in [0.2, 0.25) is 0 Å². The van der Waals surface area contributed by atoms with Crippen LogP contribution in [0.3, 0.4) is 0 Å². The molecule has 0 amide bonds. The van der Waals surface area contributed by atoms with E-state index in [-0.39, 0.29) is 0 Å². The largest absolute Gasteiger partial charge is 0.373 e. The Labute approximate surface area is 67.4 Å². The summed E-state index contributed by atoms with van der Waals surface area (Å²) >= 11 is 0. The molecule has 0 aromatic rings. The summed E-state index contributed by atoms with van der Waals surface area (Å²) in [5.41, 5.74) is 1.06. The standard InChI is InChI=1S/C8H14N2O/c1-8-7-11-6-5-10(8)4-3-9-2/h1-7H2. The SMILES string of the molecule is C=NCCN1CCOCC1=C. The molecular weight excluding hydrogens is 140 g/mol.